The van der Waals surface area contributed by atoms with Crippen molar-refractivity contribution in [3.05, 3.63) is 64.7 Å². The number of nitrogens with zero attached hydrogens (tertiary/aromatic N) is 3. The highest BCUT2D eigenvalue weighted by Gasteiger charge is 2.33. The smallest absolute Gasteiger partial charge is 0.304 e. The van der Waals surface area contributed by atoms with E-state index in [4.69, 9.17) is 0 Å². The fourth-order valence-corrected chi connectivity index (χ4v) is 4.81. The Morgan fingerprint density at radius 1 is 0.944 bits per heavy atom. The SMILES string of the molecule is Cc1ccc(C)c(N(CC(=O)N(Cc2ccccc2C)[C@H](C)C(=O)NCC(C)C)S(=O)(=O)N(C)C)c1. The molecule has 9 heteroatoms. The van der Waals surface area contributed by atoms with Crippen LogP contribution in [0.1, 0.15) is 43.0 Å². The Kier molecular flexibility index (Phi) is 10.1. The first-order chi connectivity index (χ1) is 16.7. The number of nitrogens with one attached hydrogen (secondary N) is 1. The van der Waals surface area contributed by atoms with Crippen LogP contribution in [-0.2, 0) is 26.3 Å². The number of aryl methyl sites for hydroxylation is 3. The minimum atomic E-state index is -3.99. The molecule has 0 heterocycles. The molecule has 0 aliphatic rings. The van der Waals surface area contributed by atoms with Gasteiger partial charge in [-0.2, -0.15) is 12.7 Å². The lowest BCUT2D eigenvalue weighted by Crippen LogP contribution is -2.52. The second-order valence-electron chi connectivity index (χ2n) is 9.85. The highest BCUT2D eigenvalue weighted by molar-refractivity contribution is 7.90. The van der Waals surface area contributed by atoms with Crippen LogP contribution in [0.15, 0.2) is 42.5 Å². The van der Waals surface area contributed by atoms with Crippen molar-refractivity contribution in [2.75, 3.05) is 31.5 Å². The van der Waals surface area contributed by atoms with E-state index >= 15 is 0 Å². The Morgan fingerprint density at radius 3 is 2.17 bits per heavy atom. The second-order valence-corrected chi connectivity index (χ2v) is 11.9. The first-order valence-corrected chi connectivity index (χ1v) is 13.5. The Hall–Kier alpha value is -2.91. The van der Waals surface area contributed by atoms with E-state index in [2.05, 4.69) is 5.32 Å². The van der Waals surface area contributed by atoms with Gasteiger partial charge in [0.05, 0.1) is 5.69 Å². The summed E-state index contributed by atoms with van der Waals surface area (Å²) in [7, 11) is -1.12. The van der Waals surface area contributed by atoms with Gasteiger partial charge in [0, 0.05) is 27.2 Å². The van der Waals surface area contributed by atoms with Crippen molar-refractivity contribution < 1.29 is 18.0 Å². The minimum Gasteiger partial charge on any atom is -0.354 e. The molecule has 0 saturated carbocycles. The number of anilines is 1. The van der Waals surface area contributed by atoms with Gasteiger partial charge < -0.3 is 10.2 Å². The Morgan fingerprint density at radius 2 is 1.58 bits per heavy atom. The first kappa shape index (κ1) is 29.3. The fraction of sp³-hybridized carbons (Fsp3) is 0.481. The normalized spacial score (nSPS) is 12.5. The predicted molar refractivity (Wildman–Crippen MR) is 145 cm³/mol. The van der Waals surface area contributed by atoms with E-state index in [1.165, 1.54) is 19.0 Å². The van der Waals surface area contributed by atoms with Crippen LogP contribution in [0.25, 0.3) is 0 Å². The number of rotatable bonds is 11. The number of carbonyl (C=O) groups is 2. The van der Waals surface area contributed by atoms with Gasteiger partial charge in [0.1, 0.15) is 12.6 Å². The van der Waals surface area contributed by atoms with Gasteiger partial charge in [-0.25, -0.2) is 4.31 Å². The molecular formula is C27H40N4O4S. The molecule has 36 heavy (non-hydrogen) atoms. The zero-order valence-corrected chi connectivity index (χ0v) is 23.5. The molecule has 2 aromatic rings. The standard InChI is InChI=1S/C27H40N4O4S/c1-19(2)16-28-27(33)23(6)30(17-24-12-10-9-11-21(24)4)26(32)18-31(36(34,35)29(7)8)25-15-20(3)13-14-22(25)5/h9-15,19,23H,16-18H2,1-8H3,(H,28,33)/t23-/m1/s1. The topological polar surface area (TPSA) is 90.0 Å². The third kappa shape index (κ3) is 7.30. The molecule has 0 aliphatic carbocycles. The van der Waals surface area contributed by atoms with Crippen LogP contribution in [0.3, 0.4) is 0 Å². The molecule has 0 aliphatic heterocycles. The van der Waals surface area contributed by atoms with E-state index in [1.807, 2.05) is 71.0 Å². The van der Waals surface area contributed by atoms with Crippen molar-refractivity contribution >= 4 is 27.7 Å². The summed E-state index contributed by atoms with van der Waals surface area (Å²) in [5.74, 6) is -0.483. The van der Waals surface area contributed by atoms with Gasteiger partial charge in [0.25, 0.3) is 0 Å². The van der Waals surface area contributed by atoms with Crippen LogP contribution in [0.5, 0.6) is 0 Å². The number of benzene rings is 2. The highest BCUT2D eigenvalue weighted by atomic mass is 32.2. The lowest BCUT2D eigenvalue weighted by atomic mass is 10.1. The zero-order chi connectivity index (χ0) is 27.2. The maximum absolute atomic E-state index is 13.8. The lowest BCUT2D eigenvalue weighted by Gasteiger charge is -2.33. The van der Waals surface area contributed by atoms with Crippen LogP contribution >= 0.6 is 0 Å². The van der Waals surface area contributed by atoms with Crippen molar-refractivity contribution in [2.45, 2.75) is 54.1 Å². The molecule has 0 unspecified atom stereocenters. The van der Waals surface area contributed by atoms with Gasteiger partial charge in [-0.05, 0) is 61.9 Å². The van der Waals surface area contributed by atoms with E-state index in [9.17, 15) is 18.0 Å². The predicted octanol–water partition coefficient (Wildman–Crippen LogP) is 3.41. The van der Waals surface area contributed by atoms with Gasteiger partial charge in [-0.1, -0.05) is 50.2 Å². The van der Waals surface area contributed by atoms with Crippen molar-refractivity contribution in [1.29, 1.82) is 0 Å². The van der Waals surface area contributed by atoms with Gasteiger partial charge in [0.15, 0.2) is 0 Å². The second kappa shape index (κ2) is 12.4. The molecule has 1 atom stereocenters. The molecule has 2 aromatic carbocycles. The maximum atomic E-state index is 13.8. The van der Waals surface area contributed by atoms with E-state index in [0.717, 1.165) is 30.9 Å². The molecular weight excluding hydrogens is 476 g/mol. The molecule has 0 radical (unpaired) electrons. The summed E-state index contributed by atoms with van der Waals surface area (Å²) in [4.78, 5) is 28.3. The van der Waals surface area contributed by atoms with Crippen molar-refractivity contribution in [3.63, 3.8) is 0 Å². The number of hydrogen-bond donors (Lipinski definition) is 1. The average molecular weight is 517 g/mol. The molecule has 0 bridgehead atoms. The quantitative estimate of drug-likeness (QED) is 0.496. The van der Waals surface area contributed by atoms with Crippen molar-refractivity contribution in [2.24, 2.45) is 5.92 Å². The largest absolute Gasteiger partial charge is 0.354 e. The Balaban J connectivity index is 2.50. The van der Waals surface area contributed by atoms with Gasteiger partial charge in [-0.3, -0.25) is 9.59 Å². The van der Waals surface area contributed by atoms with E-state index in [-0.39, 0.29) is 18.4 Å². The Bertz CT molecular complexity index is 1180. The van der Waals surface area contributed by atoms with Crippen LogP contribution < -0.4 is 9.62 Å². The summed E-state index contributed by atoms with van der Waals surface area (Å²) < 4.78 is 28.9. The molecule has 1 N–H and O–H groups in total. The molecule has 198 valence electrons. The first-order valence-electron chi connectivity index (χ1n) is 12.1. The molecule has 8 nitrogen and oxygen atoms in total. The average Bonchev–Trinajstić information content (AvgIpc) is 2.81. The minimum absolute atomic E-state index is 0.185. The third-order valence-corrected chi connectivity index (χ3v) is 7.91. The number of carbonyl (C=O) groups excluding carboxylic acids is 2. The van der Waals surface area contributed by atoms with Crippen molar-refractivity contribution in [1.82, 2.24) is 14.5 Å². The molecule has 0 spiro atoms. The monoisotopic (exact) mass is 516 g/mol. The maximum Gasteiger partial charge on any atom is 0.304 e. The molecule has 0 saturated heterocycles. The fourth-order valence-electron chi connectivity index (χ4n) is 3.70. The summed E-state index contributed by atoms with van der Waals surface area (Å²) in [6.07, 6.45) is 0. The number of amides is 2. The van der Waals surface area contributed by atoms with E-state index in [1.54, 1.807) is 13.0 Å². The molecule has 0 aromatic heterocycles. The Labute approximate surface area is 216 Å². The summed E-state index contributed by atoms with van der Waals surface area (Å²) >= 11 is 0. The van der Waals surface area contributed by atoms with Gasteiger partial charge >= 0.3 is 10.2 Å². The van der Waals surface area contributed by atoms with Crippen LogP contribution in [0, 0.1) is 26.7 Å². The molecule has 2 rings (SSSR count). The van der Waals surface area contributed by atoms with Crippen LogP contribution in [-0.4, -0.2) is 62.7 Å². The van der Waals surface area contributed by atoms with Crippen molar-refractivity contribution in [3.8, 4) is 0 Å². The highest BCUT2D eigenvalue weighted by Crippen LogP contribution is 2.26. The summed E-state index contributed by atoms with van der Waals surface area (Å²) in [5, 5.41) is 2.89. The van der Waals surface area contributed by atoms with Crippen LogP contribution in [0.2, 0.25) is 0 Å². The number of hydrogen-bond acceptors (Lipinski definition) is 4. The summed E-state index contributed by atoms with van der Waals surface area (Å²) in [5.41, 5.74) is 3.91. The van der Waals surface area contributed by atoms with E-state index in [0.29, 0.717) is 12.2 Å². The van der Waals surface area contributed by atoms with Gasteiger partial charge in [0.2, 0.25) is 11.8 Å². The van der Waals surface area contributed by atoms with Gasteiger partial charge in [-0.15, -0.1) is 0 Å². The zero-order valence-electron chi connectivity index (χ0n) is 22.7. The summed E-state index contributed by atoms with van der Waals surface area (Å²) in [6.45, 7) is 11.5. The van der Waals surface area contributed by atoms with Crippen LogP contribution in [0.4, 0.5) is 5.69 Å². The lowest BCUT2D eigenvalue weighted by molar-refractivity contribution is -0.139. The third-order valence-electron chi connectivity index (χ3n) is 6.11. The molecule has 2 amide bonds. The summed E-state index contributed by atoms with van der Waals surface area (Å²) in [6, 6.07) is 12.3. The van der Waals surface area contributed by atoms with E-state index < -0.39 is 28.7 Å². The molecule has 0 fully saturated rings.